The highest BCUT2D eigenvalue weighted by Gasteiger charge is 2.13. The molecule has 154 valence electrons. The standard InChI is InChI=1S/C20H25Cl3N2O3/c1-2-27-19-11-15(12-25-6-5-24-7-8-26)10-18(23)20(19)28-13-14-3-4-16(21)17(22)9-14/h3-4,9-11,24-26H,2,5-8,12-13H2,1H3. The largest absolute Gasteiger partial charge is 0.490 e. The molecule has 2 aromatic carbocycles. The van der Waals surface area contributed by atoms with E-state index in [-0.39, 0.29) is 6.61 Å². The summed E-state index contributed by atoms with van der Waals surface area (Å²) in [6.07, 6.45) is 0. The van der Waals surface area contributed by atoms with Gasteiger partial charge in [-0.15, -0.1) is 0 Å². The van der Waals surface area contributed by atoms with Crippen LogP contribution in [-0.2, 0) is 13.2 Å². The lowest BCUT2D eigenvalue weighted by Gasteiger charge is -2.16. The lowest BCUT2D eigenvalue weighted by Crippen LogP contribution is -2.28. The first kappa shape index (κ1) is 23.1. The van der Waals surface area contributed by atoms with Crippen LogP contribution in [0.3, 0.4) is 0 Å². The number of aliphatic hydroxyl groups is 1. The third-order valence-electron chi connectivity index (χ3n) is 3.83. The lowest BCUT2D eigenvalue weighted by atomic mass is 10.2. The smallest absolute Gasteiger partial charge is 0.180 e. The zero-order valence-electron chi connectivity index (χ0n) is 15.7. The van der Waals surface area contributed by atoms with Crippen LogP contribution in [0.25, 0.3) is 0 Å². The molecule has 2 aromatic rings. The first-order chi connectivity index (χ1) is 13.5. The minimum absolute atomic E-state index is 0.136. The van der Waals surface area contributed by atoms with Crippen LogP contribution < -0.4 is 20.1 Å². The Hall–Kier alpha value is -1.21. The van der Waals surface area contributed by atoms with Crippen molar-refractivity contribution in [1.82, 2.24) is 10.6 Å². The molecule has 0 fully saturated rings. The maximum Gasteiger partial charge on any atom is 0.180 e. The topological polar surface area (TPSA) is 62.8 Å². The van der Waals surface area contributed by atoms with Crippen LogP contribution in [0.5, 0.6) is 11.5 Å². The third-order valence-corrected chi connectivity index (χ3v) is 4.85. The molecule has 0 spiro atoms. The minimum atomic E-state index is 0.136. The number of rotatable bonds is 12. The van der Waals surface area contributed by atoms with Crippen LogP contribution in [0.2, 0.25) is 15.1 Å². The van der Waals surface area contributed by atoms with Gasteiger partial charge in [-0.2, -0.15) is 0 Å². The number of hydrogen-bond acceptors (Lipinski definition) is 5. The number of aliphatic hydroxyl groups excluding tert-OH is 1. The van der Waals surface area contributed by atoms with Gasteiger partial charge in [0.25, 0.3) is 0 Å². The van der Waals surface area contributed by atoms with E-state index in [0.717, 1.165) is 24.2 Å². The van der Waals surface area contributed by atoms with Crippen molar-refractivity contribution in [2.24, 2.45) is 0 Å². The number of ether oxygens (including phenoxy) is 2. The molecule has 0 saturated carbocycles. The SMILES string of the molecule is CCOc1cc(CNCCNCCO)cc(Cl)c1OCc1ccc(Cl)c(Cl)c1. The van der Waals surface area contributed by atoms with Crippen LogP contribution in [-0.4, -0.2) is 38.0 Å². The molecule has 0 aliphatic carbocycles. The van der Waals surface area contributed by atoms with Crippen LogP contribution in [0.4, 0.5) is 0 Å². The second-order valence-corrected chi connectivity index (χ2v) is 7.25. The van der Waals surface area contributed by atoms with E-state index in [9.17, 15) is 0 Å². The van der Waals surface area contributed by atoms with Crippen molar-refractivity contribution >= 4 is 34.8 Å². The minimum Gasteiger partial charge on any atom is -0.490 e. The average Bonchev–Trinajstić information content (AvgIpc) is 2.67. The maximum absolute atomic E-state index is 8.74. The van der Waals surface area contributed by atoms with E-state index in [4.69, 9.17) is 49.4 Å². The molecule has 3 N–H and O–H groups in total. The van der Waals surface area contributed by atoms with Crippen molar-refractivity contribution in [1.29, 1.82) is 0 Å². The Labute approximate surface area is 180 Å². The van der Waals surface area contributed by atoms with Gasteiger partial charge in [0.05, 0.1) is 28.3 Å². The normalized spacial score (nSPS) is 10.9. The molecule has 0 bridgehead atoms. The summed E-state index contributed by atoms with van der Waals surface area (Å²) in [5, 5.41) is 16.6. The van der Waals surface area contributed by atoms with Gasteiger partial charge in [0.15, 0.2) is 11.5 Å². The fourth-order valence-corrected chi connectivity index (χ4v) is 3.13. The maximum atomic E-state index is 8.74. The third kappa shape index (κ3) is 7.32. The van der Waals surface area contributed by atoms with Crippen molar-refractivity contribution < 1.29 is 14.6 Å². The second-order valence-electron chi connectivity index (χ2n) is 6.03. The van der Waals surface area contributed by atoms with E-state index in [2.05, 4.69) is 10.6 Å². The molecule has 2 rings (SSSR count). The Morgan fingerprint density at radius 2 is 1.61 bits per heavy atom. The van der Waals surface area contributed by atoms with Crippen molar-refractivity contribution in [3.05, 3.63) is 56.5 Å². The Morgan fingerprint density at radius 1 is 0.857 bits per heavy atom. The molecule has 0 heterocycles. The van der Waals surface area contributed by atoms with E-state index in [1.807, 2.05) is 25.1 Å². The van der Waals surface area contributed by atoms with Gasteiger partial charge >= 0.3 is 0 Å². The predicted molar refractivity (Wildman–Crippen MR) is 115 cm³/mol. The molecule has 0 atom stereocenters. The predicted octanol–water partition coefficient (Wildman–Crippen LogP) is 4.30. The fourth-order valence-electron chi connectivity index (χ4n) is 2.52. The van der Waals surface area contributed by atoms with Crippen LogP contribution in [0, 0.1) is 0 Å². The summed E-state index contributed by atoms with van der Waals surface area (Å²) >= 11 is 18.5. The van der Waals surface area contributed by atoms with Gasteiger partial charge in [0, 0.05) is 26.2 Å². The van der Waals surface area contributed by atoms with Crippen molar-refractivity contribution in [3.63, 3.8) is 0 Å². The Balaban J connectivity index is 2.01. The van der Waals surface area contributed by atoms with Gasteiger partial charge in [0.1, 0.15) is 6.61 Å². The summed E-state index contributed by atoms with van der Waals surface area (Å²) in [5.41, 5.74) is 1.88. The molecule has 0 saturated heterocycles. The molecule has 0 amide bonds. The fraction of sp³-hybridized carbons (Fsp3) is 0.400. The quantitative estimate of drug-likeness (QED) is 0.424. The highest BCUT2D eigenvalue weighted by molar-refractivity contribution is 6.42. The van der Waals surface area contributed by atoms with Crippen molar-refractivity contribution in [2.45, 2.75) is 20.1 Å². The van der Waals surface area contributed by atoms with Gasteiger partial charge in [-0.05, 0) is 42.3 Å². The van der Waals surface area contributed by atoms with E-state index in [0.29, 0.717) is 52.9 Å². The van der Waals surface area contributed by atoms with E-state index in [1.165, 1.54) is 0 Å². The zero-order chi connectivity index (χ0) is 20.4. The van der Waals surface area contributed by atoms with Crippen LogP contribution >= 0.6 is 34.8 Å². The Kier molecular flexibility index (Phi) is 10.2. The average molecular weight is 448 g/mol. The summed E-state index contributed by atoms with van der Waals surface area (Å²) in [6, 6.07) is 9.14. The van der Waals surface area contributed by atoms with E-state index < -0.39 is 0 Å². The Bertz CT molecular complexity index is 760. The van der Waals surface area contributed by atoms with E-state index >= 15 is 0 Å². The molecule has 0 aliphatic rings. The number of hydrogen-bond donors (Lipinski definition) is 3. The summed E-state index contributed by atoms with van der Waals surface area (Å²) in [6.45, 7) is 5.63. The van der Waals surface area contributed by atoms with Crippen molar-refractivity contribution in [2.75, 3.05) is 32.8 Å². The number of benzene rings is 2. The molecule has 0 unspecified atom stereocenters. The van der Waals surface area contributed by atoms with E-state index in [1.54, 1.807) is 12.1 Å². The summed E-state index contributed by atoms with van der Waals surface area (Å²) < 4.78 is 11.6. The second kappa shape index (κ2) is 12.4. The first-order valence-corrected chi connectivity index (χ1v) is 10.2. The molecule has 8 heteroatoms. The monoisotopic (exact) mass is 446 g/mol. The molecule has 0 radical (unpaired) electrons. The van der Waals surface area contributed by atoms with Gasteiger partial charge in [-0.1, -0.05) is 40.9 Å². The molecule has 5 nitrogen and oxygen atoms in total. The lowest BCUT2D eigenvalue weighted by molar-refractivity contribution is 0.269. The van der Waals surface area contributed by atoms with Gasteiger partial charge in [-0.3, -0.25) is 0 Å². The summed E-state index contributed by atoms with van der Waals surface area (Å²) in [4.78, 5) is 0. The van der Waals surface area contributed by atoms with Crippen molar-refractivity contribution in [3.8, 4) is 11.5 Å². The molecule has 0 aliphatic heterocycles. The van der Waals surface area contributed by atoms with Gasteiger partial charge in [0.2, 0.25) is 0 Å². The summed E-state index contributed by atoms with van der Waals surface area (Å²) in [7, 11) is 0. The zero-order valence-corrected chi connectivity index (χ0v) is 18.0. The first-order valence-electron chi connectivity index (χ1n) is 9.09. The highest BCUT2D eigenvalue weighted by Crippen LogP contribution is 2.37. The molecular formula is C20H25Cl3N2O3. The molecule has 0 aromatic heterocycles. The van der Waals surface area contributed by atoms with Gasteiger partial charge < -0.3 is 25.2 Å². The Morgan fingerprint density at radius 3 is 2.32 bits per heavy atom. The molecule has 28 heavy (non-hydrogen) atoms. The number of nitrogens with one attached hydrogen (secondary N) is 2. The summed E-state index contributed by atoms with van der Waals surface area (Å²) in [5.74, 6) is 1.10. The highest BCUT2D eigenvalue weighted by atomic mass is 35.5. The van der Waals surface area contributed by atoms with Crippen LogP contribution in [0.1, 0.15) is 18.1 Å². The van der Waals surface area contributed by atoms with Crippen LogP contribution in [0.15, 0.2) is 30.3 Å². The van der Waals surface area contributed by atoms with Gasteiger partial charge in [-0.25, -0.2) is 0 Å². The number of halogens is 3. The molecular weight excluding hydrogens is 423 g/mol.